The smallest absolute Gasteiger partial charge is 0.191 e. The van der Waals surface area contributed by atoms with Crippen molar-refractivity contribution in [1.82, 2.24) is 5.43 Å². The summed E-state index contributed by atoms with van der Waals surface area (Å²) in [5.41, 5.74) is 6.45. The lowest BCUT2D eigenvalue weighted by Crippen LogP contribution is -3.11. The fourth-order valence-corrected chi connectivity index (χ4v) is 3.19. The van der Waals surface area contributed by atoms with Crippen molar-refractivity contribution in [2.24, 2.45) is 5.10 Å². The highest BCUT2D eigenvalue weighted by molar-refractivity contribution is 7.80. The number of rotatable bonds is 5. The molecule has 0 atom stereocenters. The predicted molar refractivity (Wildman–Crippen MR) is 110 cm³/mol. The van der Waals surface area contributed by atoms with Crippen LogP contribution in [0.5, 0.6) is 5.75 Å². The van der Waals surface area contributed by atoms with E-state index in [0.717, 1.165) is 43.9 Å². The van der Waals surface area contributed by atoms with Crippen LogP contribution in [-0.2, 0) is 6.54 Å². The topological polar surface area (TPSA) is 50.1 Å². The molecule has 2 aromatic carbocycles. The first-order chi connectivity index (χ1) is 12.7. The Bertz CT molecular complexity index is 736. The molecule has 26 heavy (non-hydrogen) atoms. The molecule has 0 unspecified atom stereocenters. The highest BCUT2D eigenvalue weighted by atomic mass is 32.1. The monoisotopic (exact) mass is 369 g/mol. The number of benzene rings is 2. The van der Waals surface area contributed by atoms with E-state index >= 15 is 0 Å². The van der Waals surface area contributed by atoms with Crippen molar-refractivity contribution in [2.45, 2.75) is 19.4 Å². The van der Waals surface area contributed by atoms with Gasteiger partial charge in [0.15, 0.2) is 5.11 Å². The lowest BCUT2D eigenvalue weighted by Gasteiger charge is -2.24. The number of thiocarbonyl (C=S) groups is 1. The van der Waals surface area contributed by atoms with Crippen LogP contribution in [0.4, 0.5) is 5.69 Å². The third kappa shape index (κ3) is 5.54. The molecule has 6 heteroatoms. The Morgan fingerprint density at radius 3 is 2.42 bits per heavy atom. The summed E-state index contributed by atoms with van der Waals surface area (Å²) in [4.78, 5) is 1.61. The van der Waals surface area contributed by atoms with Crippen molar-refractivity contribution in [2.75, 3.05) is 25.5 Å². The van der Waals surface area contributed by atoms with E-state index in [4.69, 9.17) is 17.0 Å². The number of piperidine rings is 1. The van der Waals surface area contributed by atoms with Crippen LogP contribution in [0.2, 0.25) is 0 Å². The number of methoxy groups -OCH3 is 1. The minimum absolute atomic E-state index is 0.502. The van der Waals surface area contributed by atoms with Crippen LogP contribution in [0.25, 0.3) is 0 Å². The van der Waals surface area contributed by atoms with Gasteiger partial charge in [-0.05, 0) is 36.5 Å². The Morgan fingerprint density at radius 2 is 1.77 bits per heavy atom. The maximum Gasteiger partial charge on any atom is 0.191 e. The largest absolute Gasteiger partial charge is 0.497 e. The van der Waals surface area contributed by atoms with Crippen LogP contribution in [0.3, 0.4) is 0 Å². The first kappa shape index (κ1) is 18.4. The van der Waals surface area contributed by atoms with Crippen LogP contribution in [-0.4, -0.2) is 31.0 Å². The normalized spacial score (nSPS) is 16.7. The molecule has 0 saturated carbocycles. The van der Waals surface area contributed by atoms with Gasteiger partial charge in [-0.1, -0.05) is 30.3 Å². The van der Waals surface area contributed by atoms with E-state index in [1.807, 2.05) is 24.3 Å². The van der Waals surface area contributed by atoms with Gasteiger partial charge in [0.05, 0.1) is 20.2 Å². The Labute approximate surface area is 160 Å². The van der Waals surface area contributed by atoms with Gasteiger partial charge in [0, 0.05) is 29.8 Å². The molecule has 136 valence electrons. The number of likely N-dealkylation sites (tertiary alicyclic amines) is 1. The molecule has 0 amide bonds. The van der Waals surface area contributed by atoms with E-state index in [1.165, 1.54) is 11.3 Å². The highest BCUT2D eigenvalue weighted by Crippen LogP contribution is 2.14. The first-order valence-corrected chi connectivity index (χ1v) is 9.28. The van der Waals surface area contributed by atoms with Crippen molar-refractivity contribution in [3.8, 4) is 5.75 Å². The number of hydrogen-bond donors (Lipinski definition) is 3. The SMILES string of the molecule is COc1ccc(NC(=S)NN=C2CC[NH+](Cc3ccccc3)CC2)cc1. The van der Waals surface area contributed by atoms with E-state index < -0.39 is 0 Å². The average molecular weight is 370 g/mol. The Kier molecular flexibility index (Phi) is 6.57. The molecule has 1 saturated heterocycles. The first-order valence-electron chi connectivity index (χ1n) is 8.87. The second kappa shape index (κ2) is 9.31. The van der Waals surface area contributed by atoms with E-state index in [-0.39, 0.29) is 0 Å². The summed E-state index contributed by atoms with van der Waals surface area (Å²) in [5.74, 6) is 0.819. The lowest BCUT2D eigenvalue weighted by molar-refractivity contribution is -0.914. The fraction of sp³-hybridized carbons (Fsp3) is 0.300. The van der Waals surface area contributed by atoms with Crippen molar-refractivity contribution >= 4 is 28.7 Å². The zero-order chi connectivity index (χ0) is 18.2. The quantitative estimate of drug-likeness (QED) is 0.559. The summed E-state index contributed by atoms with van der Waals surface area (Å²) in [5, 5.41) is 8.11. The number of hydrazone groups is 1. The van der Waals surface area contributed by atoms with Crippen LogP contribution < -0.4 is 20.4 Å². The van der Waals surface area contributed by atoms with Gasteiger partial charge in [-0.25, -0.2) is 0 Å². The third-order valence-corrected chi connectivity index (χ3v) is 4.69. The van der Waals surface area contributed by atoms with E-state index in [0.29, 0.717) is 5.11 Å². The molecule has 2 aromatic rings. The second-order valence-electron chi connectivity index (χ2n) is 6.38. The van der Waals surface area contributed by atoms with E-state index in [1.54, 1.807) is 12.0 Å². The summed E-state index contributed by atoms with van der Waals surface area (Å²) in [6, 6.07) is 18.3. The molecule has 0 spiro atoms. The van der Waals surface area contributed by atoms with Gasteiger partial charge < -0.3 is 15.0 Å². The Hall–Kier alpha value is -2.44. The van der Waals surface area contributed by atoms with Gasteiger partial charge in [-0.3, -0.25) is 5.43 Å². The van der Waals surface area contributed by atoms with Crippen LogP contribution >= 0.6 is 12.2 Å². The molecular formula is C20H25N4OS+. The van der Waals surface area contributed by atoms with Gasteiger partial charge in [-0.15, -0.1) is 0 Å². The number of hydrogen-bond acceptors (Lipinski definition) is 3. The minimum Gasteiger partial charge on any atom is -0.497 e. The molecule has 0 aromatic heterocycles. The number of nitrogens with one attached hydrogen (secondary N) is 3. The molecule has 1 heterocycles. The molecule has 1 aliphatic heterocycles. The molecule has 0 bridgehead atoms. The minimum atomic E-state index is 0.502. The molecule has 1 fully saturated rings. The van der Waals surface area contributed by atoms with Crippen LogP contribution in [0.1, 0.15) is 18.4 Å². The van der Waals surface area contributed by atoms with Crippen molar-refractivity contribution in [3.05, 3.63) is 60.2 Å². The maximum absolute atomic E-state index is 5.31. The van der Waals surface area contributed by atoms with Crippen molar-refractivity contribution in [1.29, 1.82) is 0 Å². The molecular weight excluding hydrogens is 344 g/mol. The second-order valence-corrected chi connectivity index (χ2v) is 6.79. The number of quaternary nitrogens is 1. The molecule has 0 aliphatic carbocycles. The van der Waals surface area contributed by atoms with E-state index in [9.17, 15) is 0 Å². The van der Waals surface area contributed by atoms with Crippen molar-refractivity contribution < 1.29 is 9.64 Å². The molecule has 0 radical (unpaired) electrons. The molecule has 5 nitrogen and oxygen atoms in total. The Balaban J connectivity index is 1.42. The summed E-state index contributed by atoms with van der Waals surface area (Å²) < 4.78 is 5.15. The fourth-order valence-electron chi connectivity index (χ4n) is 3.03. The molecule has 3 N–H and O–H groups in total. The van der Waals surface area contributed by atoms with Gasteiger partial charge in [0.1, 0.15) is 12.3 Å². The standard InChI is InChI=1S/C20H24N4OS/c1-25-19-9-7-17(8-10-19)21-20(26)23-22-18-11-13-24(14-12-18)15-16-5-3-2-4-6-16/h2-10H,11-15H2,1H3,(H2,21,23,26)/p+1. The zero-order valence-corrected chi connectivity index (χ0v) is 15.8. The van der Waals surface area contributed by atoms with Gasteiger partial charge in [0.25, 0.3) is 0 Å². The van der Waals surface area contributed by atoms with Gasteiger partial charge >= 0.3 is 0 Å². The van der Waals surface area contributed by atoms with Crippen LogP contribution in [0, 0.1) is 0 Å². The average Bonchev–Trinajstić information content (AvgIpc) is 2.69. The number of nitrogens with zero attached hydrogens (tertiary/aromatic N) is 1. The Morgan fingerprint density at radius 1 is 1.08 bits per heavy atom. The summed E-state index contributed by atoms with van der Waals surface area (Å²) >= 11 is 5.31. The summed E-state index contributed by atoms with van der Waals surface area (Å²) in [7, 11) is 1.65. The zero-order valence-electron chi connectivity index (χ0n) is 15.0. The number of anilines is 1. The predicted octanol–water partition coefficient (Wildman–Crippen LogP) is 2.22. The molecule has 1 aliphatic rings. The van der Waals surface area contributed by atoms with Gasteiger partial charge in [-0.2, -0.15) is 5.10 Å². The maximum atomic E-state index is 5.31. The summed E-state index contributed by atoms with van der Waals surface area (Å²) in [6.45, 7) is 3.29. The van der Waals surface area contributed by atoms with E-state index in [2.05, 4.69) is 46.2 Å². The van der Waals surface area contributed by atoms with Crippen LogP contribution in [0.15, 0.2) is 59.7 Å². The number of ether oxygens (including phenoxy) is 1. The van der Waals surface area contributed by atoms with Gasteiger partial charge in [0.2, 0.25) is 0 Å². The lowest BCUT2D eigenvalue weighted by atomic mass is 10.1. The third-order valence-electron chi connectivity index (χ3n) is 4.49. The van der Waals surface area contributed by atoms with Crippen molar-refractivity contribution in [3.63, 3.8) is 0 Å². The molecule has 3 rings (SSSR count). The highest BCUT2D eigenvalue weighted by Gasteiger charge is 2.18. The summed E-state index contributed by atoms with van der Waals surface area (Å²) in [6.07, 6.45) is 2.00.